The summed E-state index contributed by atoms with van der Waals surface area (Å²) in [6.07, 6.45) is 1.22. The predicted molar refractivity (Wildman–Crippen MR) is 48.1 cm³/mol. The zero-order valence-corrected chi connectivity index (χ0v) is 10.4. The van der Waals surface area contributed by atoms with E-state index < -0.39 is 0 Å². The van der Waals surface area contributed by atoms with E-state index in [0.717, 1.165) is 6.54 Å². The Morgan fingerprint density at radius 1 is 1.42 bits per heavy atom. The van der Waals surface area contributed by atoms with Gasteiger partial charge in [0.2, 0.25) is 0 Å². The molecule has 0 aromatic carbocycles. The summed E-state index contributed by atoms with van der Waals surface area (Å²) < 4.78 is 0. The molecule has 0 heterocycles. The van der Waals surface area contributed by atoms with E-state index in [2.05, 4.69) is 20.8 Å². The summed E-state index contributed by atoms with van der Waals surface area (Å²) >= 11 is 0. The second-order valence-electron chi connectivity index (χ2n) is 4.59. The van der Waals surface area contributed by atoms with Gasteiger partial charge < -0.3 is 11.5 Å². The van der Waals surface area contributed by atoms with Crippen molar-refractivity contribution < 1.29 is 21.1 Å². The first-order valence-electron chi connectivity index (χ1n) is 4.44. The third kappa shape index (κ3) is 2.10. The molecule has 3 heteroatoms. The van der Waals surface area contributed by atoms with E-state index in [-0.39, 0.29) is 21.1 Å². The van der Waals surface area contributed by atoms with E-state index in [1.807, 2.05) is 0 Å². The average molecular weight is 351 g/mol. The second kappa shape index (κ2) is 4.21. The van der Waals surface area contributed by atoms with Crippen LogP contribution in [0.5, 0.6) is 0 Å². The molecule has 1 aliphatic rings. The molecule has 1 fully saturated rings. The van der Waals surface area contributed by atoms with Gasteiger partial charge in [-0.25, -0.2) is 0 Å². The van der Waals surface area contributed by atoms with Crippen molar-refractivity contribution in [1.29, 1.82) is 0 Å². The molecule has 1 rings (SSSR count). The fourth-order valence-corrected chi connectivity index (χ4v) is 2.51. The molecule has 1 saturated carbocycles. The first-order valence-corrected chi connectivity index (χ1v) is 4.44. The molecule has 2 nitrogen and oxygen atoms in total. The molecule has 0 aromatic heterocycles. The minimum atomic E-state index is 0. The summed E-state index contributed by atoms with van der Waals surface area (Å²) in [4.78, 5) is 0. The van der Waals surface area contributed by atoms with Crippen LogP contribution in [0.1, 0.15) is 27.2 Å². The monoisotopic (exact) mass is 351 g/mol. The molecule has 0 radical (unpaired) electrons. The molecule has 3 atom stereocenters. The van der Waals surface area contributed by atoms with Crippen LogP contribution in [-0.2, 0) is 21.1 Å². The molecule has 0 amide bonds. The summed E-state index contributed by atoms with van der Waals surface area (Å²) in [6, 6.07) is 0.315. The van der Waals surface area contributed by atoms with Gasteiger partial charge in [0.15, 0.2) is 0 Å². The van der Waals surface area contributed by atoms with Gasteiger partial charge in [0, 0.05) is 6.04 Å². The van der Waals surface area contributed by atoms with Gasteiger partial charge >= 0.3 is 21.1 Å². The molecule has 0 spiro atoms. The topological polar surface area (TPSA) is 52.0 Å². The van der Waals surface area contributed by atoms with Gasteiger partial charge in [-0.15, -0.1) is 0 Å². The van der Waals surface area contributed by atoms with Crippen LogP contribution in [0, 0.1) is 17.3 Å². The van der Waals surface area contributed by atoms with E-state index >= 15 is 0 Å². The van der Waals surface area contributed by atoms with Crippen molar-refractivity contribution in [2.24, 2.45) is 28.7 Å². The molecule has 74 valence electrons. The Morgan fingerprint density at radius 2 is 1.92 bits per heavy atom. The van der Waals surface area contributed by atoms with Gasteiger partial charge in [0.1, 0.15) is 0 Å². The van der Waals surface area contributed by atoms with Crippen LogP contribution in [-0.4, -0.2) is 12.6 Å². The van der Waals surface area contributed by atoms with Gasteiger partial charge in [-0.3, -0.25) is 0 Å². The van der Waals surface area contributed by atoms with Gasteiger partial charge in [-0.2, -0.15) is 0 Å². The second-order valence-corrected chi connectivity index (χ2v) is 4.59. The Labute approximate surface area is 89.7 Å². The minimum absolute atomic E-state index is 0. The largest absolute Gasteiger partial charge is 2.00 e. The van der Waals surface area contributed by atoms with E-state index in [4.69, 9.17) is 11.5 Å². The summed E-state index contributed by atoms with van der Waals surface area (Å²) in [6.45, 7) is 7.50. The first kappa shape index (κ1) is 12.6. The Morgan fingerprint density at radius 3 is 2.08 bits per heavy atom. The van der Waals surface area contributed by atoms with Gasteiger partial charge in [0.25, 0.3) is 0 Å². The third-order valence-corrected chi connectivity index (χ3v) is 3.23. The molecule has 0 aliphatic heterocycles. The zero-order valence-electron chi connectivity index (χ0n) is 8.12. The molecular weight excluding hydrogens is 331 g/mol. The van der Waals surface area contributed by atoms with Crippen molar-refractivity contribution in [3.8, 4) is 0 Å². The minimum Gasteiger partial charge on any atom is -0.330 e. The Kier molecular flexibility index (Phi) is 4.43. The maximum Gasteiger partial charge on any atom is 2.00 e. The molecule has 1 aliphatic carbocycles. The van der Waals surface area contributed by atoms with Crippen LogP contribution in [0.2, 0.25) is 0 Å². The number of rotatable bonds is 1. The summed E-state index contributed by atoms with van der Waals surface area (Å²) in [5, 5.41) is 0. The number of hydrogen-bond acceptors (Lipinski definition) is 2. The Balaban J connectivity index is 0.00000121. The van der Waals surface area contributed by atoms with Gasteiger partial charge in [-0.1, -0.05) is 20.8 Å². The van der Waals surface area contributed by atoms with E-state index in [9.17, 15) is 0 Å². The van der Waals surface area contributed by atoms with Gasteiger partial charge in [0.05, 0.1) is 0 Å². The summed E-state index contributed by atoms with van der Waals surface area (Å²) in [7, 11) is 0. The Hall–Kier alpha value is 0.608. The standard InChI is InChI=1S/C9H20N2.Pt/c1-6-4-9(2,3)7(5-10)8(6)11;/h6-8H,4-5,10-11H2,1-3H3;/q;+2. The van der Waals surface area contributed by atoms with Crippen molar-refractivity contribution in [2.45, 2.75) is 33.2 Å². The van der Waals surface area contributed by atoms with Crippen LogP contribution < -0.4 is 11.5 Å². The maximum atomic E-state index is 6.03. The predicted octanol–water partition coefficient (Wildman–Crippen LogP) is 0.952. The molecule has 4 N–H and O–H groups in total. The quantitative estimate of drug-likeness (QED) is 0.739. The molecule has 12 heavy (non-hydrogen) atoms. The van der Waals surface area contributed by atoms with E-state index in [1.54, 1.807) is 0 Å². The van der Waals surface area contributed by atoms with Crippen LogP contribution in [0.25, 0.3) is 0 Å². The van der Waals surface area contributed by atoms with Crippen molar-refractivity contribution in [3.05, 3.63) is 0 Å². The summed E-state index contributed by atoms with van der Waals surface area (Å²) in [5.41, 5.74) is 12.1. The van der Waals surface area contributed by atoms with E-state index in [0.29, 0.717) is 23.3 Å². The van der Waals surface area contributed by atoms with Crippen molar-refractivity contribution >= 4 is 0 Å². The SMILES string of the molecule is CC1CC(C)(C)C(CN)C1N.[Pt+2]. The van der Waals surface area contributed by atoms with Crippen molar-refractivity contribution in [1.82, 2.24) is 0 Å². The van der Waals surface area contributed by atoms with Crippen molar-refractivity contribution in [2.75, 3.05) is 6.54 Å². The van der Waals surface area contributed by atoms with Crippen molar-refractivity contribution in [3.63, 3.8) is 0 Å². The molecule has 0 saturated heterocycles. The molecular formula is C9H20N2Pt+2. The Bertz CT molecular complexity index is 147. The van der Waals surface area contributed by atoms with Crippen LogP contribution >= 0.6 is 0 Å². The molecule has 0 bridgehead atoms. The number of nitrogens with two attached hydrogens (primary N) is 2. The van der Waals surface area contributed by atoms with Crippen LogP contribution in [0.4, 0.5) is 0 Å². The molecule has 0 aromatic rings. The fraction of sp³-hybridized carbons (Fsp3) is 1.00. The van der Waals surface area contributed by atoms with Crippen LogP contribution in [0.15, 0.2) is 0 Å². The van der Waals surface area contributed by atoms with E-state index in [1.165, 1.54) is 6.42 Å². The summed E-state index contributed by atoms with van der Waals surface area (Å²) in [5.74, 6) is 1.15. The van der Waals surface area contributed by atoms with Gasteiger partial charge in [-0.05, 0) is 30.2 Å². The zero-order chi connectivity index (χ0) is 8.65. The third-order valence-electron chi connectivity index (χ3n) is 3.23. The molecule has 3 unspecified atom stereocenters. The first-order chi connectivity index (χ1) is 4.99. The average Bonchev–Trinajstić information content (AvgIpc) is 2.03. The fourth-order valence-electron chi connectivity index (χ4n) is 2.51. The maximum absolute atomic E-state index is 6.03. The smallest absolute Gasteiger partial charge is 0.330 e. The number of hydrogen-bond donors (Lipinski definition) is 2. The van der Waals surface area contributed by atoms with Crippen LogP contribution in [0.3, 0.4) is 0 Å². The normalized spacial score (nSPS) is 39.2.